The summed E-state index contributed by atoms with van der Waals surface area (Å²) < 4.78 is 5.67. The van der Waals surface area contributed by atoms with E-state index < -0.39 is 0 Å². The Hall–Kier alpha value is -1.09. The van der Waals surface area contributed by atoms with E-state index in [0.717, 1.165) is 22.0 Å². The number of pyridine rings is 1. The standard InChI is InChI=1S/C13H14BrNO/c1-10(7-14)9-16-12-6-11-4-2-3-5-13(11)15-8-12/h2-6,8,10H,7,9H2,1H3. The van der Waals surface area contributed by atoms with E-state index in [1.165, 1.54) is 0 Å². The van der Waals surface area contributed by atoms with E-state index in [-0.39, 0.29) is 0 Å². The summed E-state index contributed by atoms with van der Waals surface area (Å²) in [5.41, 5.74) is 1.00. The van der Waals surface area contributed by atoms with Gasteiger partial charge < -0.3 is 4.74 Å². The van der Waals surface area contributed by atoms with Gasteiger partial charge in [-0.05, 0) is 18.1 Å². The van der Waals surface area contributed by atoms with Gasteiger partial charge >= 0.3 is 0 Å². The van der Waals surface area contributed by atoms with E-state index in [4.69, 9.17) is 4.74 Å². The normalized spacial score (nSPS) is 12.6. The first-order valence-electron chi connectivity index (χ1n) is 5.33. The minimum absolute atomic E-state index is 0.506. The largest absolute Gasteiger partial charge is 0.492 e. The van der Waals surface area contributed by atoms with Crippen LogP contribution in [0.2, 0.25) is 0 Å². The van der Waals surface area contributed by atoms with Crippen molar-refractivity contribution in [3.05, 3.63) is 36.5 Å². The molecule has 1 aromatic carbocycles. The van der Waals surface area contributed by atoms with Crippen LogP contribution in [-0.4, -0.2) is 16.9 Å². The molecule has 0 aliphatic carbocycles. The maximum absolute atomic E-state index is 5.67. The number of ether oxygens (including phenoxy) is 1. The molecule has 0 amide bonds. The lowest BCUT2D eigenvalue weighted by Gasteiger charge is -2.10. The lowest BCUT2D eigenvalue weighted by atomic mass is 10.2. The predicted molar refractivity (Wildman–Crippen MR) is 70.2 cm³/mol. The molecule has 2 rings (SSSR count). The monoisotopic (exact) mass is 279 g/mol. The van der Waals surface area contributed by atoms with Crippen molar-refractivity contribution < 1.29 is 4.74 Å². The molecular formula is C13H14BrNO. The fourth-order valence-electron chi connectivity index (χ4n) is 1.41. The summed E-state index contributed by atoms with van der Waals surface area (Å²) in [5.74, 6) is 1.35. The zero-order valence-electron chi connectivity index (χ0n) is 9.19. The Morgan fingerprint density at radius 3 is 3.00 bits per heavy atom. The van der Waals surface area contributed by atoms with Crippen molar-refractivity contribution in [2.24, 2.45) is 5.92 Å². The molecule has 84 valence electrons. The van der Waals surface area contributed by atoms with E-state index in [1.807, 2.05) is 30.3 Å². The second kappa shape index (κ2) is 5.30. The van der Waals surface area contributed by atoms with Gasteiger partial charge in [0.1, 0.15) is 5.75 Å². The van der Waals surface area contributed by atoms with Gasteiger partial charge in [0, 0.05) is 10.7 Å². The summed E-state index contributed by atoms with van der Waals surface area (Å²) in [7, 11) is 0. The predicted octanol–water partition coefficient (Wildman–Crippen LogP) is 3.64. The van der Waals surface area contributed by atoms with Gasteiger partial charge in [0.15, 0.2) is 0 Å². The minimum atomic E-state index is 0.506. The SMILES string of the molecule is CC(CBr)COc1cnc2ccccc2c1. The average molecular weight is 280 g/mol. The molecule has 0 radical (unpaired) electrons. The van der Waals surface area contributed by atoms with Crippen LogP contribution in [0.1, 0.15) is 6.92 Å². The fourth-order valence-corrected chi connectivity index (χ4v) is 1.60. The number of hydrogen-bond acceptors (Lipinski definition) is 2. The van der Waals surface area contributed by atoms with Gasteiger partial charge in [0.05, 0.1) is 18.3 Å². The van der Waals surface area contributed by atoms with Crippen LogP contribution in [0.4, 0.5) is 0 Å². The van der Waals surface area contributed by atoms with Crippen molar-refractivity contribution in [3.8, 4) is 5.75 Å². The highest BCUT2D eigenvalue weighted by molar-refractivity contribution is 9.09. The van der Waals surface area contributed by atoms with Crippen molar-refractivity contribution >= 4 is 26.8 Å². The number of alkyl halides is 1. The van der Waals surface area contributed by atoms with E-state index in [9.17, 15) is 0 Å². The van der Waals surface area contributed by atoms with E-state index in [1.54, 1.807) is 6.20 Å². The number of nitrogens with zero attached hydrogens (tertiary/aromatic N) is 1. The number of rotatable bonds is 4. The Balaban J connectivity index is 2.13. The first-order valence-corrected chi connectivity index (χ1v) is 6.45. The van der Waals surface area contributed by atoms with Crippen LogP contribution in [-0.2, 0) is 0 Å². The number of para-hydroxylation sites is 1. The molecule has 1 heterocycles. The second-order valence-electron chi connectivity index (χ2n) is 3.93. The molecule has 1 aromatic heterocycles. The highest BCUT2D eigenvalue weighted by atomic mass is 79.9. The van der Waals surface area contributed by atoms with E-state index in [2.05, 4.69) is 27.8 Å². The number of halogens is 1. The third kappa shape index (κ3) is 2.73. The van der Waals surface area contributed by atoms with Crippen molar-refractivity contribution in [2.75, 3.05) is 11.9 Å². The highest BCUT2D eigenvalue weighted by Gasteiger charge is 2.02. The number of hydrogen-bond donors (Lipinski definition) is 0. The van der Waals surface area contributed by atoms with Crippen LogP contribution in [0, 0.1) is 5.92 Å². The van der Waals surface area contributed by atoms with Gasteiger partial charge in [0.2, 0.25) is 0 Å². The van der Waals surface area contributed by atoms with Crippen molar-refractivity contribution in [1.82, 2.24) is 4.98 Å². The minimum Gasteiger partial charge on any atom is -0.492 e. The zero-order chi connectivity index (χ0) is 11.4. The second-order valence-corrected chi connectivity index (χ2v) is 4.58. The van der Waals surface area contributed by atoms with Gasteiger partial charge in [0.25, 0.3) is 0 Å². The number of aromatic nitrogens is 1. The molecule has 0 saturated carbocycles. The van der Waals surface area contributed by atoms with Gasteiger partial charge in [-0.3, -0.25) is 4.98 Å². The van der Waals surface area contributed by atoms with Gasteiger partial charge in [-0.25, -0.2) is 0 Å². The lowest BCUT2D eigenvalue weighted by Crippen LogP contribution is -2.09. The third-order valence-electron chi connectivity index (χ3n) is 2.36. The van der Waals surface area contributed by atoms with Crippen LogP contribution in [0.25, 0.3) is 10.9 Å². The van der Waals surface area contributed by atoms with Gasteiger partial charge in [-0.15, -0.1) is 0 Å². The molecule has 3 heteroatoms. The summed E-state index contributed by atoms with van der Waals surface area (Å²) in [6.07, 6.45) is 1.78. The molecule has 2 nitrogen and oxygen atoms in total. The molecule has 0 fully saturated rings. The molecule has 16 heavy (non-hydrogen) atoms. The summed E-state index contributed by atoms with van der Waals surface area (Å²) in [4.78, 5) is 4.35. The topological polar surface area (TPSA) is 22.1 Å². The Morgan fingerprint density at radius 1 is 1.38 bits per heavy atom. The van der Waals surface area contributed by atoms with Crippen LogP contribution < -0.4 is 4.74 Å². The summed E-state index contributed by atoms with van der Waals surface area (Å²) in [6.45, 7) is 2.86. The van der Waals surface area contributed by atoms with Crippen LogP contribution in [0.15, 0.2) is 36.5 Å². The fraction of sp³-hybridized carbons (Fsp3) is 0.308. The van der Waals surface area contributed by atoms with Crippen LogP contribution in [0.5, 0.6) is 5.75 Å². The van der Waals surface area contributed by atoms with Crippen molar-refractivity contribution in [1.29, 1.82) is 0 Å². The molecular weight excluding hydrogens is 266 g/mol. The first-order chi connectivity index (χ1) is 7.79. The van der Waals surface area contributed by atoms with Gasteiger partial charge in [-0.2, -0.15) is 0 Å². The van der Waals surface area contributed by atoms with Gasteiger partial charge in [-0.1, -0.05) is 41.1 Å². The quantitative estimate of drug-likeness (QED) is 0.798. The zero-order valence-corrected chi connectivity index (χ0v) is 10.8. The highest BCUT2D eigenvalue weighted by Crippen LogP contribution is 2.18. The summed E-state index contributed by atoms with van der Waals surface area (Å²) >= 11 is 3.43. The Morgan fingerprint density at radius 2 is 2.19 bits per heavy atom. The Labute approximate surface area is 104 Å². The number of fused-ring (bicyclic) bond motifs is 1. The van der Waals surface area contributed by atoms with Crippen molar-refractivity contribution in [3.63, 3.8) is 0 Å². The Bertz CT molecular complexity index is 472. The third-order valence-corrected chi connectivity index (χ3v) is 3.47. The van der Waals surface area contributed by atoms with Crippen LogP contribution >= 0.6 is 15.9 Å². The molecule has 0 N–H and O–H groups in total. The molecule has 0 spiro atoms. The molecule has 2 aromatic rings. The molecule has 0 saturated heterocycles. The van der Waals surface area contributed by atoms with Crippen molar-refractivity contribution in [2.45, 2.75) is 6.92 Å². The molecule has 0 bridgehead atoms. The molecule has 1 unspecified atom stereocenters. The Kier molecular flexibility index (Phi) is 3.78. The first kappa shape index (κ1) is 11.4. The molecule has 1 atom stereocenters. The maximum Gasteiger partial charge on any atom is 0.138 e. The van der Waals surface area contributed by atoms with E-state index >= 15 is 0 Å². The van der Waals surface area contributed by atoms with E-state index in [0.29, 0.717) is 12.5 Å². The number of benzene rings is 1. The lowest BCUT2D eigenvalue weighted by molar-refractivity contribution is 0.273. The summed E-state index contributed by atoms with van der Waals surface area (Å²) in [5, 5.41) is 2.07. The maximum atomic E-state index is 5.67. The molecule has 0 aliphatic rings. The summed E-state index contributed by atoms with van der Waals surface area (Å²) in [6, 6.07) is 10.1. The van der Waals surface area contributed by atoms with Crippen LogP contribution in [0.3, 0.4) is 0 Å². The average Bonchev–Trinajstić information content (AvgIpc) is 2.35. The molecule has 0 aliphatic heterocycles. The smallest absolute Gasteiger partial charge is 0.138 e.